The van der Waals surface area contributed by atoms with E-state index in [0.29, 0.717) is 16.2 Å². The topological polar surface area (TPSA) is 89.1 Å². The molecule has 0 radical (unpaired) electrons. The second-order valence-electron chi connectivity index (χ2n) is 5.09. The fourth-order valence-corrected chi connectivity index (χ4v) is 2.43. The van der Waals surface area contributed by atoms with Crippen molar-refractivity contribution in [1.29, 1.82) is 0 Å². The van der Waals surface area contributed by atoms with Crippen LogP contribution in [0.4, 0.5) is 5.69 Å². The molecule has 0 saturated heterocycles. The number of nitrogens with zero attached hydrogens (tertiary/aromatic N) is 4. The number of para-hydroxylation sites is 1. The molecule has 0 aliphatic heterocycles. The molecule has 0 bridgehead atoms. The van der Waals surface area contributed by atoms with Gasteiger partial charge >= 0.3 is 0 Å². The Morgan fingerprint density at radius 2 is 2.08 bits per heavy atom. The Balaban J connectivity index is 2.05. The number of nitrogens with one attached hydrogen (secondary N) is 1. The van der Waals surface area contributed by atoms with Crippen LogP contribution in [0.25, 0.3) is 11.4 Å². The third-order valence-electron chi connectivity index (χ3n) is 3.37. The predicted octanol–water partition coefficient (Wildman–Crippen LogP) is 3.71. The van der Waals surface area contributed by atoms with Gasteiger partial charge in [-0.25, -0.2) is 5.10 Å². The van der Waals surface area contributed by atoms with Crippen LogP contribution in [-0.4, -0.2) is 26.0 Å². The summed E-state index contributed by atoms with van der Waals surface area (Å²) in [5, 5.41) is 22.2. The third kappa shape index (κ3) is 3.13. The van der Waals surface area contributed by atoms with Gasteiger partial charge in [-0.15, -0.1) is 0 Å². The van der Waals surface area contributed by atoms with E-state index in [2.05, 4.69) is 15.3 Å². The van der Waals surface area contributed by atoms with Gasteiger partial charge in [0.2, 0.25) is 4.77 Å². The first-order chi connectivity index (χ1) is 11.6. The molecule has 0 aliphatic rings. The standard InChI is InChI=1S/C16H13N5O2S/c1-11-5-4-7-12(9-11)15-18-19-16(24)20(15)17-10-13-6-2-3-8-14(13)21(22)23/h2-10H,1H3,(H,19,24)/b17-10-. The number of rotatable bonds is 4. The highest BCUT2D eigenvalue weighted by molar-refractivity contribution is 7.71. The smallest absolute Gasteiger partial charge is 0.258 e. The Labute approximate surface area is 142 Å². The molecule has 0 spiro atoms. The first-order valence-electron chi connectivity index (χ1n) is 7.08. The van der Waals surface area contributed by atoms with Crippen molar-refractivity contribution in [2.75, 3.05) is 0 Å². The Bertz CT molecular complexity index is 990. The van der Waals surface area contributed by atoms with Crippen molar-refractivity contribution in [2.24, 2.45) is 5.10 Å². The number of aryl methyl sites for hydroxylation is 1. The highest BCUT2D eigenvalue weighted by Crippen LogP contribution is 2.19. The number of hydrogen-bond acceptors (Lipinski definition) is 5. The summed E-state index contributed by atoms with van der Waals surface area (Å²) in [7, 11) is 0. The van der Waals surface area contributed by atoms with Gasteiger partial charge in [-0.2, -0.15) is 14.9 Å². The van der Waals surface area contributed by atoms with Crippen molar-refractivity contribution in [3.05, 3.63) is 74.5 Å². The molecular formula is C16H13N5O2S. The fourth-order valence-electron chi connectivity index (χ4n) is 2.25. The van der Waals surface area contributed by atoms with Crippen molar-refractivity contribution in [2.45, 2.75) is 6.92 Å². The average molecular weight is 339 g/mol. The Hall–Kier alpha value is -3.13. The lowest BCUT2D eigenvalue weighted by atomic mass is 10.1. The number of benzene rings is 2. The number of nitro groups is 1. The monoisotopic (exact) mass is 339 g/mol. The summed E-state index contributed by atoms with van der Waals surface area (Å²) in [6.07, 6.45) is 1.41. The second-order valence-corrected chi connectivity index (χ2v) is 5.48. The lowest BCUT2D eigenvalue weighted by Gasteiger charge is -2.02. The van der Waals surface area contributed by atoms with Gasteiger partial charge in [-0.3, -0.25) is 10.1 Å². The van der Waals surface area contributed by atoms with Crippen molar-refractivity contribution < 1.29 is 4.92 Å². The Morgan fingerprint density at radius 3 is 2.83 bits per heavy atom. The van der Waals surface area contributed by atoms with E-state index in [0.717, 1.165) is 11.1 Å². The van der Waals surface area contributed by atoms with E-state index >= 15 is 0 Å². The molecule has 3 aromatic rings. The maximum atomic E-state index is 11.1. The van der Waals surface area contributed by atoms with Crippen molar-refractivity contribution in [3.63, 3.8) is 0 Å². The van der Waals surface area contributed by atoms with Crippen LogP contribution in [0.1, 0.15) is 11.1 Å². The summed E-state index contributed by atoms with van der Waals surface area (Å²) >= 11 is 5.20. The van der Waals surface area contributed by atoms with Gasteiger partial charge in [-0.1, -0.05) is 35.9 Å². The quantitative estimate of drug-likeness (QED) is 0.340. The molecule has 1 N–H and O–H groups in total. The van der Waals surface area contributed by atoms with Crippen LogP contribution >= 0.6 is 12.2 Å². The number of aromatic nitrogens is 3. The third-order valence-corrected chi connectivity index (χ3v) is 3.64. The van der Waals surface area contributed by atoms with Gasteiger partial charge in [0.15, 0.2) is 5.82 Å². The van der Waals surface area contributed by atoms with Crippen molar-refractivity contribution >= 4 is 24.1 Å². The summed E-state index contributed by atoms with van der Waals surface area (Å²) in [6.45, 7) is 1.98. The molecule has 0 atom stereocenters. The maximum absolute atomic E-state index is 11.1. The van der Waals surface area contributed by atoms with E-state index in [1.807, 2.05) is 31.2 Å². The molecule has 0 saturated carbocycles. The summed E-state index contributed by atoms with van der Waals surface area (Å²) < 4.78 is 1.75. The molecule has 1 aromatic heterocycles. The zero-order chi connectivity index (χ0) is 17.1. The molecule has 0 amide bonds. The SMILES string of the molecule is Cc1cccc(-c2n[nH]c(=S)n2/N=C\c2ccccc2[N+](=O)[O-])c1. The van der Waals surface area contributed by atoms with Gasteiger partial charge < -0.3 is 0 Å². The summed E-state index contributed by atoms with van der Waals surface area (Å²) in [6, 6.07) is 14.1. The molecule has 7 nitrogen and oxygen atoms in total. The van der Waals surface area contributed by atoms with E-state index in [9.17, 15) is 10.1 Å². The summed E-state index contributed by atoms with van der Waals surface area (Å²) in [5.41, 5.74) is 2.30. The highest BCUT2D eigenvalue weighted by Gasteiger charge is 2.12. The van der Waals surface area contributed by atoms with Crippen LogP contribution < -0.4 is 0 Å². The molecule has 0 fully saturated rings. The molecule has 120 valence electrons. The number of nitro benzene ring substituents is 1. The van der Waals surface area contributed by atoms with E-state index < -0.39 is 4.92 Å². The first-order valence-corrected chi connectivity index (χ1v) is 7.49. The van der Waals surface area contributed by atoms with Crippen LogP contribution in [0, 0.1) is 21.8 Å². The Kier molecular flexibility index (Phi) is 4.30. The van der Waals surface area contributed by atoms with Gasteiger partial charge in [0.05, 0.1) is 16.7 Å². The minimum Gasteiger partial charge on any atom is -0.258 e. The zero-order valence-electron chi connectivity index (χ0n) is 12.7. The lowest BCUT2D eigenvalue weighted by Crippen LogP contribution is -1.98. The Morgan fingerprint density at radius 1 is 1.29 bits per heavy atom. The number of hydrogen-bond donors (Lipinski definition) is 1. The fraction of sp³-hybridized carbons (Fsp3) is 0.0625. The van der Waals surface area contributed by atoms with E-state index in [1.54, 1.807) is 18.2 Å². The van der Waals surface area contributed by atoms with E-state index in [4.69, 9.17) is 12.2 Å². The van der Waals surface area contributed by atoms with E-state index in [-0.39, 0.29) is 5.69 Å². The first kappa shape index (κ1) is 15.8. The second kappa shape index (κ2) is 6.55. The van der Waals surface area contributed by atoms with Gasteiger partial charge in [0.25, 0.3) is 5.69 Å². The summed E-state index contributed by atoms with van der Waals surface area (Å²) in [5.74, 6) is 0.540. The molecule has 3 rings (SSSR count). The minimum absolute atomic E-state index is 0.0200. The number of H-pyrrole nitrogens is 1. The van der Waals surface area contributed by atoms with E-state index in [1.165, 1.54) is 17.0 Å². The van der Waals surface area contributed by atoms with Crippen molar-refractivity contribution in [1.82, 2.24) is 14.9 Å². The van der Waals surface area contributed by atoms with Crippen molar-refractivity contribution in [3.8, 4) is 11.4 Å². The average Bonchev–Trinajstić information content (AvgIpc) is 2.94. The molecule has 0 unspecified atom stereocenters. The summed E-state index contributed by atoms with van der Waals surface area (Å²) in [4.78, 5) is 10.6. The van der Waals surface area contributed by atoms with Crippen LogP contribution in [-0.2, 0) is 0 Å². The molecule has 2 aromatic carbocycles. The molecule has 1 heterocycles. The number of aromatic amines is 1. The van der Waals surface area contributed by atoms with Crippen LogP contribution in [0.3, 0.4) is 0 Å². The molecular weight excluding hydrogens is 326 g/mol. The van der Waals surface area contributed by atoms with Gasteiger partial charge in [0.1, 0.15) is 0 Å². The van der Waals surface area contributed by atoms with Crippen LogP contribution in [0.5, 0.6) is 0 Å². The molecule has 0 aliphatic carbocycles. The van der Waals surface area contributed by atoms with Gasteiger partial charge in [0, 0.05) is 11.6 Å². The molecule has 8 heteroatoms. The normalized spacial score (nSPS) is 11.0. The van der Waals surface area contributed by atoms with Crippen LogP contribution in [0.2, 0.25) is 0 Å². The lowest BCUT2D eigenvalue weighted by molar-refractivity contribution is -0.385. The largest absolute Gasteiger partial charge is 0.278 e. The molecule has 24 heavy (non-hydrogen) atoms. The highest BCUT2D eigenvalue weighted by atomic mass is 32.1. The zero-order valence-corrected chi connectivity index (χ0v) is 13.5. The predicted molar refractivity (Wildman–Crippen MR) is 93.7 cm³/mol. The maximum Gasteiger partial charge on any atom is 0.278 e. The minimum atomic E-state index is -0.447. The van der Waals surface area contributed by atoms with Crippen LogP contribution in [0.15, 0.2) is 53.6 Å². The van der Waals surface area contributed by atoms with Gasteiger partial charge in [-0.05, 0) is 31.3 Å².